The molecule has 0 spiro atoms. The average Bonchev–Trinajstić information content (AvgIpc) is 3.21. The predicted molar refractivity (Wildman–Crippen MR) is 128 cm³/mol. The molecule has 0 radical (unpaired) electrons. The third-order valence-corrected chi connectivity index (χ3v) is 7.27. The van der Waals surface area contributed by atoms with Crippen LogP contribution in [0.5, 0.6) is 0 Å². The highest BCUT2D eigenvalue weighted by molar-refractivity contribution is 7.19. The first-order valence-corrected chi connectivity index (χ1v) is 12.0. The highest BCUT2D eigenvalue weighted by atomic mass is 35.5. The van der Waals surface area contributed by atoms with Crippen molar-refractivity contribution in [2.75, 3.05) is 44.7 Å². The Hall–Kier alpha value is -2.59. The smallest absolute Gasteiger partial charge is 0.246 e. The highest BCUT2D eigenvalue weighted by Gasteiger charge is 2.25. The number of benzene rings is 1. The summed E-state index contributed by atoms with van der Waals surface area (Å²) in [5.41, 5.74) is 1.81. The molecule has 0 bridgehead atoms. The number of fused-ring (bicyclic) bond motifs is 3. The highest BCUT2D eigenvalue weighted by Crippen LogP contribution is 2.38. The van der Waals surface area contributed by atoms with Gasteiger partial charge in [0, 0.05) is 42.8 Å². The molecule has 1 N–H and O–H groups in total. The Labute approximate surface area is 199 Å². The van der Waals surface area contributed by atoms with Gasteiger partial charge in [-0.2, -0.15) is 0 Å². The molecule has 0 aliphatic carbocycles. The summed E-state index contributed by atoms with van der Waals surface area (Å²) < 4.78 is 18.9. The molecule has 0 saturated carbocycles. The van der Waals surface area contributed by atoms with Crippen molar-refractivity contribution in [1.29, 1.82) is 0 Å². The SMILES string of the molecule is O=C(C=CCN1CCOCC1)N1CCc2c(sc3ncnc(Nc4ccc(F)c(Cl)c4)c23)C1. The van der Waals surface area contributed by atoms with Gasteiger partial charge in [-0.05, 0) is 30.2 Å². The summed E-state index contributed by atoms with van der Waals surface area (Å²) in [6, 6.07) is 4.48. The second kappa shape index (κ2) is 9.72. The number of carbonyl (C=O) groups excluding carboxylic acids is 1. The predicted octanol–water partition coefficient (Wildman–Crippen LogP) is 4.00. The number of amides is 1. The zero-order valence-corrected chi connectivity index (χ0v) is 19.5. The molecule has 5 rings (SSSR count). The topological polar surface area (TPSA) is 70.6 Å². The van der Waals surface area contributed by atoms with Gasteiger partial charge in [0.25, 0.3) is 0 Å². The molecule has 4 heterocycles. The van der Waals surface area contributed by atoms with Crippen molar-refractivity contribution in [3.05, 3.63) is 58.0 Å². The van der Waals surface area contributed by atoms with Crippen LogP contribution in [0.15, 0.2) is 36.7 Å². The van der Waals surface area contributed by atoms with Gasteiger partial charge in [0.05, 0.1) is 30.2 Å². The van der Waals surface area contributed by atoms with Crippen molar-refractivity contribution in [1.82, 2.24) is 19.8 Å². The van der Waals surface area contributed by atoms with Crippen molar-refractivity contribution in [3.8, 4) is 0 Å². The van der Waals surface area contributed by atoms with Crippen molar-refractivity contribution in [2.24, 2.45) is 0 Å². The molecule has 10 heteroatoms. The Balaban J connectivity index is 1.31. The zero-order valence-electron chi connectivity index (χ0n) is 17.9. The van der Waals surface area contributed by atoms with Crippen LogP contribution >= 0.6 is 22.9 Å². The number of rotatable bonds is 5. The summed E-state index contributed by atoms with van der Waals surface area (Å²) >= 11 is 7.50. The van der Waals surface area contributed by atoms with E-state index in [1.54, 1.807) is 23.5 Å². The van der Waals surface area contributed by atoms with Crippen molar-refractivity contribution >= 4 is 50.6 Å². The van der Waals surface area contributed by atoms with Crippen LogP contribution in [0.2, 0.25) is 5.02 Å². The van der Waals surface area contributed by atoms with Crippen LogP contribution in [0.3, 0.4) is 0 Å². The lowest BCUT2D eigenvalue weighted by molar-refractivity contribution is -0.126. The third kappa shape index (κ3) is 4.86. The number of carbonyl (C=O) groups is 1. The molecular weight excluding hydrogens is 465 g/mol. The molecule has 1 fully saturated rings. The molecule has 1 saturated heterocycles. The average molecular weight is 488 g/mol. The number of hydrogen-bond donors (Lipinski definition) is 1. The number of halogens is 2. The normalized spacial score (nSPS) is 17.0. The minimum absolute atomic E-state index is 0.0248. The number of thiophene rings is 1. The Bertz CT molecular complexity index is 1210. The maximum atomic E-state index is 13.5. The first-order valence-electron chi connectivity index (χ1n) is 10.8. The van der Waals surface area contributed by atoms with E-state index >= 15 is 0 Å². The van der Waals surface area contributed by atoms with Crippen molar-refractivity contribution in [3.63, 3.8) is 0 Å². The fourth-order valence-electron chi connectivity index (χ4n) is 4.11. The minimum Gasteiger partial charge on any atom is -0.379 e. The minimum atomic E-state index is -0.466. The third-order valence-electron chi connectivity index (χ3n) is 5.86. The second-order valence-corrected chi connectivity index (χ2v) is 9.48. The molecule has 0 unspecified atom stereocenters. The number of hydrogen-bond acceptors (Lipinski definition) is 7. The van der Waals surface area contributed by atoms with Crippen molar-refractivity contribution in [2.45, 2.75) is 13.0 Å². The van der Waals surface area contributed by atoms with Gasteiger partial charge in [-0.25, -0.2) is 14.4 Å². The van der Waals surface area contributed by atoms with Crippen LogP contribution in [0.4, 0.5) is 15.9 Å². The molecule has 1 amide bonds. The van der Waals surface area contributed by atoms with E-state index < -0.39 is 5.82 Å². The quantitative estimate of drug-likeness (QED) is 0.548. The summed E-state index contributed by atoms with van der Waals surface area (Å²) in [5.74, 6) is 0.217. The van der Waals surface area contributed by atoms with Gasteiger partial charge in [0.15, 0.2) is 0 Å². The van der Waals surface area contributed by atoms with E-state index in [1.807, 2.05) is 11.0 Å². The fraction of sp³-hybridized carbons (Fsp3) is 0.348. The number of anilines is 2. The van der Waals surface area contributed by atoms with E-state index in [0.29, 0.717) is 24.6 Å². The van der Waals surface area contributed by atoms with E-state index in [1.165, 1.54) is 18.5 Å². The summed E-state index contributed by atoms with van der Waals surface area (Å²) in [7, 11) is 0. The van der Waals surface area contributed by atoms with Gasteiger partial charge in [0.2, 0.25) is 5.91 Å². The Kier molecular flexibility index (Phi) is 6.55. The van der Waals surface area contributed by atoms with Crippen LogP contribution in [0.25, 0.3) is 10.2 Å². The van der Waals surface area contributed by atoms with Gasteiger partial charge >= 0.3 is 0 Å². The fourth-order valence-corrected chi connectivity index (χ4v) is 5.50. The molecule has 2 aliphatic heterocycles. The molecule has 3 aromatic rings. The molecule has 2 aliphatic rings. The lowest BCUT2D eigenvalue weighted by atomic mass is 10.0. The lowest BCUT2D eigenvalue weighted by Crippen LogP contribution is -2.37. The van der Waals surface area contributed by atoms with E-state index in [0.717, 1.165) is 59.9 Å². The second-order valence-electron chi connectivity index (χ2n) is 7.99. The Morgan fingerprint density at radius 3 is 2.94 bits per heavy atom. The van der Waals surface area contributed by atoms with Gasteiger partial charge in [-0.15, -0.1) is 11.3 Å². The van der Waals surface area contributed by atoms with Gasteiger partial charge in [-0.3, -0.25) is 9.69 Å². The lowest BCUT2D eigenvalue weighted by Gasteiger charge is -2.27. The largest absolute Gasteiger partial charge is 0.379 e. The van der Waals surface area contributed by atoms with E-state index in [9.17, 15) is 9.18 Å². The number of morpholine rings is 1. The molecule has 2 aromatic heterocycles. The molecule has 1 aromatic carbocycles. The summed E-state index contributed by atoms with van der Waals surface area (Å²) in [6.07, 6.45) is 5.86. The van der Waals surface area contributed by atoms with E-state index in [2.05, 4.69) is 20.2 Å². The maximum Gasteiger partial charge on any atom is 0.246 e. The standard InChI is InChI=1S/C23H23ClFN5O2S/c24-17-12-15(3-4-18(17)25)28-22-21-16-5-7-30(13-19(16)33-23(21)27-14-26-22)20(31)2-1-6-29-8-10-32-11-9-29/h1-4,12,14H,5-11,13H2,(H,26,27,28). The zero-order chi connectivity index (χ0) is 22.8. The number of ether oxygens (including phenoxy) is 1. The molecule has 7 nitrogen and oxygen atoms in total. The molecule has 0 atom stereocenters. The van der Waals surface area contributed by atoms with Gasteiger partial charge < -0.3 is 15.0 Å². The molecule has 33 heavy (non-hydrogen) atoms. The first-order chi connectivity index (χ1) is 16.1. The Morgan fingerprint density at radius 1 is 1.27 bits per heavy atom. The van der Waals surface area contributed by atoms with Crippen molar-refractivity contribution < 1.29 is 13.9 Å². The van der Waals surface area contributed by atoms with Crippen LogP contribution < -0.4 is 5.32 Å². The van der Waals surface area contributed by atoms with E-state index in [-0.39, 0.29) is 10.9 Å². The van der Waals surface area contributed by atoms with Crippen LogP contribution in [0.1, 0.15) is 10.4 Å². The first kappa shape index (κ1) is 22.2. The summed E-state index contributed by atoms with van der Waals surface area (Å²) in [5, 5.41) is 4.24. The molecular formula is C23H23ClFN5O2S. The van der Waals surface area contributed by atoms with Crippen LogP contribution in [-0.4, -0.2) is 65.1 Å². The van der Waals surface area contributed by atoms with Crippen LogP contribution in [-0.2, 0) is 22.5 Å². The van der Waals surface area contributed by atoms with Gasteiger partial charge in [0.1, 0.15) is 22.8 Å². The summed E-state index contributed by atoms with van der Waals surface area (Å²) in [6.45, 7) is 5.24. The monoisotopic (exact) mass is 487 g/mol. The molecule has 172 valence electrons. The number of nitrogens with one attached hydrogen (secondary N) is 1. The Morgan fingerprint density at radius 2 is 2.12 bits per heavy atom. The van der Waals surface area contributed by atoms with Gasteiger partial charge in [-0.1, -0.05) is 17.7 Å². The van der Waals surface area contributed by atoms with Crippen LogP contribution in [0, 0.1) is 5.82 Å². The number of aromatic nitrogens is 2. The maximum absolute atomic E-state index is 13.5. The summed E-state index contributed by atoms with van der Waals surface area (Å²) in [4.78, 5) is 27.7. The number of nitrogens with zero attached hydrogens (tertiary/aromatic N) is 4. The van der Waals surface area contributed by atoms with E-state index in [4.69, 9.17) is 16.3 Å².